The van der Waals surface area contributed by atoms with Crippen LogP contribution < -0.4 is 0 Å². The molecule has 0 atom stereocenters. The van der Waals surface area contributed by atoms with Crippen LogP contribution in [0.2, 0.25) is 0 Å². The van der Waals surface area contributed by atoms with Crippen molar-refractivity contribution in [1.82, 2.24) is 9.97 Å². The zero-order valence-electron chi connectivity index (χ0n) is 15.0. The number of H-pyrrole nitrogens is 1. The highest BCUT2D eigenvalue weighted by Gasteiger charge is 2.23. The van der Waals surface area contributed by atoms with Crippen molar-refractivity contribution in [3.63, 3.8) is 0 Å². The molecule has 0 radical (unpaired) electrons. The zero-order valence-corrected chi connectivity index (χ0v) is 15.8. The van der Waals surface area contributed by atoms with E-state index in [1.54, 1.807) is 31.4 Å². The van der Waals surface area contributed by atoms with Crippen LogP contribution in [0, 0.1) is 19.7 Å². The Hall–Kier alpha value is -3.00. The van der Waals surface area contributed by atoms with E-state index in [1.165, 1.54) is 30.6 Å². The van der Waals surface area contributed by atoms with Crippen molar-refractivity contribution in [2.75, 3.05) is 7.11 Å². The number of hydrogen-bond acceptors (Lipinski definition) is 6. The highest BCUT2D eigenvalue weighted by molar-refractivity contribution is 7.13. The molecule has 3 rings (SSSR count). The lowest BCUT2D eigenvalue weighted by Crippen LogP contribution is -2.08. The lowest BCUT2D eigenvalue weighted by Gasteiger charge is -2.03. The number of carbonyl (C=O) groups excluding carboxylic acids is 2. The summed E-state index contributed by atoms with van der Waals surface area (Å²) in [6.07, 6.45) is 0. The number of nitrogens with one attached hydrogen (secondary N) is 1. The maximum absolute atomic E-state index is 13.0. The summed E-state index contributed by atoms with van der Waals surface area (Å²) in [5, 5.41) is 2.49. The van der Waals surface area contributed by atoms with Crippen LogP contribution in [0.15, 0.2) is 29.6 Å². The number of nitrogens with zero attached hydrogens (tertiary/aromatic N) is 1. The second-order valence-electron chi connectivity index (χ2n) is 5.84. The minimum atomic E-state index is -0.581. The number of carbonyl (C=O) groups is 2. The van der Waals surface area contributed by atoms with E-state index in [1.807, 2.05) is 0 Å². The average molecular weight is 388 g/mol. The van der Waals surface area contributed by atoms with Gasteiger partial charge in [0.25, 0.3) is 0 Å². The van der Waals surface area contributed by atoms with Gasteiger partial charge in [-0.15, -0.1) is 11.3 Å². The number of methoxy groups -OCH3 is 1. The number of aromatic amines is 1. The third-order valence-electron chi connectivity index (χ3n) is 4.03. The van der Waals surface area contributed by atoms with Gasteiger partial charge in [-0.05, 0) is 43.7 Å². The summed E-state index contributed by atoms with van der Waals surface area (Å²) in [4.78, 5) is 31.4. The van der Waals surface area contributed by atoms with Crippen molar-refractivity contribution in [1.29, 1.82) is 0 Å². The Morgan fingerprint density at radius 2 is 1.89 bits per heavy atom. The summed E-state index contributed by atoms with van der Waals surface area (Å²) in [5.74, 6) is -1.40. The molecule has 2 heterocycles. The lowest BCUT2D eigenvalue weighted by molar-refractivity contribution is 0.0461. The molecule has 0 aliphatic heterocycles. The molecule has 1 aromatic carbocycles. The minimum Gasteiger partial charge on any atom is -0.465 e. The first-order valence-electron chi connectivity index (χ1n) is 8.05. The van der Waals surface area contributed by atoms with Crippen molar-refractivity contribution in [2.24, 2.45) is 0 Å². The van der Waals surface area contributed by atoms with E-state index in [0.29, 0.717) is 27.5 Å². The monoisotopic (exact) mass is 388 g/mol. The van der Waals surface area contributed by atoms with Crippen molar-refractivity contribution in [3.8, 4) is 10.6 Å². The largest absolute Gasteiger partial charge is 0.465 e. The standard InChI is InChI=1S/C19H17FN2O4S/c1-10-15(18(23)25-3)11(2)21-16(10)19(24)26-8-14-9-27-17(22-14)12-4-6-13(20)7-5-12/h4-7,9,21H,8H2,1-3H3. The molecule has 0 fully saturated rings. The van der Waals surface area contributed by atoms with E-state index in [0.717, 1.165) is 5.56 Å². The molecule has 2 aromatic heterocycles. The van der Waals surface area contributed by atoms with Crippen molar-refractivity contribution in [3.05, 3.63) is 63.7 Å². The molecule has 6 nitrogen and oxygen atoms in total. The SMILES string of the molecule is COC(=O)c1c(C)[nH]c(C(=O)OCc2csc(-c3ccc(F)cc3)n2)c1C. The van der Waals surface area contributed by atoms with Crippen molar-refractivity contribution < 1.29 is 23.5 Å². The van der Waals surface area contributed by atoms with E-state index in [-0.39, 0.29) is 18.1 Å². The highest BCUT2D eigenvalue weighted by Crippen LogP contribution is 2.25. The Bertz CT molecular complexity index is 992. The number of aryl methyl sites for hydroxylation is 1. The quantitative estimate of drug-likeness (QED) is 0.667. The first kappa shape index (κ1) is 18.8. The summed E-state index contributed by atoms with van der Waals surface area (Å²) in [6.45, 7) is 3.33. The molecular formula is C19H17FN2O4S. The van der Waals surface area contributed by atoms with Gasteiger partial charge in [0.2, 0.25) is 0 Å². The molecule has 0 aliphatic rings. The Morgan fingerprint density at radius 1 is 1.19 bits per heavy atom. The number of esters is 2. The summed E-state index contributed by atoms with van der Waals surface area (Å²) < 4.78 is 23.0. The first-order valence-corrected chi connectivity index (χ1v) is 8.93. The summed E-state index contributed by atoms with van der Waals surface area (Å²) in [7, 11) is 1.28. The Kier molecular flexibility index (Phi) is 5.36. The van der Waals surface area contributed by atoms with E-state index < -0.39 is 11.9 Å². The van der Waals surface area contributed by atoms with Crippen LogP contribution in [-0.4, -0.2) is 29.0 Å². The minimum absolute atomic E-state index is 0.0123. The van der Waals surface area contributed by atoms with Crippen LogP contribution in [0.5, 0.6) is 0 Å². The first-order chi connectivity index (χ1) is 12.9. The number of hydrogen-bond donors (Lipinski definition) is 1. The van der Waals surface area contributed by atoms with Crippen LogP contribution in [-0.2, 0) is 16.1 Å². The third-order valence-corrected chi connectivity index (χ3v) is 4.97. The van der Waals surface area contributed by atoms with Gasteiger partial charge in [-0.2, -0.15) is 0 Å². The van der Waals surface area contributed by atoms with Crippen molar-refractivity contribution in [2.45, 2.75) is 20.5 Å². The molecule has 140 valence electrons. The number of thiazole rings is 1. The summed E-state index contributed by atoms with van der Waals surface area (Å²) in [6, 6.07) is 6.02. The topological polar surface area (TPSA) is 81.3 Å². The molecule has 0 saturated heterocycles. The van der Waals surface area contributed by atoms with Crippen LogP contribution in [0.3, 0.4) is 0 Å². The highest BCUT2D eigenvalue weighted by atomic mass is 32.1. The predicted molar refractivity (Wildman–Crippen MR) is 98.2 cm³/mol. The van der Waals surface area contributed by atoms with Crippen LogP contribution in [0.25, 0.3) is 10.6 Å². The second kappa shape index (κ2) is 7.71. The third kappa shape index (κ3) is 3.90. The molecule has 3 aromatic rings. The van der Waals surface area contributed by atoms with Crippen LogP contribution >= 0.6 is 11.3 Å². The number of halogens is 1. The molecule has 0 spiro atoms. The van der Waals surface area contributed by atoms with Crippen LogP contribution in [0.1, 0.15) is 37.8 Å². The van der Waals surface area contributed by atoms with Crippen molar-refractivity contribution >= 4 is 23.3 Å². The molecule has 0 amide bonds. The fourth-order valence-corrected chi connectivity index (χ4v) is 3.48. The van der Waals surface area contributed by atoms with Gasteiger partial charge in [-0.25, -0.2) is 19.0 Å². The maximum Gasteiger partial charge on any atom is 0.355 e. The van der Waals surface area contributed by atoms with Gasteiger partial charge in [0.1, 0.15) is 23.1 Å². The number of ether oxygens (including phenoxy) is 2. The summed E-state index contributed by atoms with van der Waals surface area (Å²) in [5.41, 5.74) is 2.94. The van der Waals surface area contributed by atoms with Gasteiger partial charge in [0.15, 0.2) is 0 Å². The fraction of sp³-hybridized carbons (Fsp3) is 0.211. The molecule has 0 saturated carbocycles. The van der Waals surface area contributed by atoms with Gasteiger partial charge in [0.05, 0.1) is 18.4 Å². The van der Waals surface area contributed by atoms with E-state index in [4.69, 9.17) is 9.47 Å². The number of aromatic nitrogens is 2. The molecular weight excluding hydrogens is 371 g/mol. The van der Waals surface area contributed by atoms with Gasteiger partial charge < -0.3 is 14.5 Å². The molecule has 0 aliphatic carbocycles. The van der Waals surface area contributed by atoms with Gasteiger partial charge in [-0.3, -0.25) is 0 Å². The molecule has 0 unspecified atom stereocenters. The fourth-order valence-electron chi connectivity index (χ4n) is 2.67. The van der Waals surface area contributed by atoms with Gasteiger partial charge in [0, 0.05) is 16.6 Å². The Morgan fingerprint density at radius 3 is 2.56 bits per heavy atom. The van der Waals surface area contributed by atoms with Crippen LogP contribution in [0.4, 0.5) is 4.39 Å². The van der Waals surface area contributed by atoms with Gasteiger partial charge >= 0.3 is 11.9 Å². The van der Waals surface area contributed by atoms with Gasteiger partial charge in [-0.1, -0.05) is 0 Å². The van der Waals surface area contributed by atoms with E-state index in [9.17, 15) is 14.0 Å². The Balaban J connectivity index is 1.70. The lowest BCUT2D eigenvalue weighted by atomic mass is 10.1. The second-order valence-corrected chi connectivity index (χ2v) is 6.70. The molecule has 1 N–H and O–H groups in total. The molecule has 0 bridgehead atoms. The normalized spacial score (nSPS) is 10.7. The predicted octanol–water partition coefficient (Wildman–Crippen LogP) is 4.04. The molecule has 8 heteroatoms. The zero-order chi connectivity index (χ0) is 19.6. The maximum atomic E-state index is 13.0. The molecule has 27 heavy (non-hydrogen) atoms. The average Bonchev–Trinajstić information content (AvgIpc) is 3.24. The Labute approximate surface area is 159 Å². The number of benzene rings is 1. The number of rotatable bonds is 5. The van der Waals surface area contributed by atoms with E-state index in [2.05, 4.69) is 9.97 Å². The smallest absolute Gasteiger partial charge is 0.355 e. The van der Waals surface area contributed by atoms with E-state index >= 15 is 0 Å². The summed E-state index contributed by atoms with van der Waals surface area (Å²) >= 11 is 1.38.